The first-order chi connectivity index (χ1) is 14.6. The second kappa shape index (κ2) is 9.28. The molecule has 30 heavy (non-hydrogen) atoms. The Kier molecular flexibility index (Phi) is 6.30. The number of benzene rings is 2. The summed E-state index contributed by atoms with van der Waals surface area (Å²) in [5.74, 6) is -0.185. The number of para-hydroxylation sites is 1. The second-order valence-corrected chi connectivity index (χ2v) is 7.56. The van der Waals surface area contributed by atoms with Gasteiger partial charge in [0.2, 0.25) is 5.89 Å². The van der Waals surface area contributed by atoms with Crippen LogP contribution in [-0.2, 0) is 13.1 Å². The van der Waals surface area contributed by atoms with E-state index in [1.165, 1.54) is 18.4 Å². The summed E-state index contributed by atoms with van der Waals surface area (Å²) in [6.07, 6.45) is 1.36. The Morgan fingerprint density at radius 2 is 1.93 bits per heavy atom. The molecule has 0 unspecified atom stereocenters. The molecule has 0 spiro atoms. The van der Waals surface area contributed by atoms with E-state index in [4.69, 9.17) is 16.0 Å². The third kappa shape index (κ3) is 4.98. The summed E-state index contributed by atoms with van der Waals surface area (Å²) in [5.41, 5.74) is 1.95. The summed E-state index contributed by atoms with van der Waals surface area (Å²) in [6, 6.07) is 14.0. The van der Waals surface area contributed by atoms with Crippen molar-refractivity contribution in [2.45, 2.75) is 13.1 Å². The Morgan fingerprint density at radius 1 is 1.13 bits per heavy atom. The molecule has 1 N–H and O–H groups in total. The third-order valence-corrected chi connectivity index (χ3v) is 5.37. The first kappa shape index (κ1) is 20.4. The predicted octanol–water partition coefficient (Wildman–Crippen LogP) is 3.72. The van der Waals surface area contributed by atoms with E-state index in [0.29, 0.717) is 18.0 Å². The summed E-state index contributed by atoms with van der Waals surface area (Å²) in [6.45, 7) is 4.15. The summed E-state index contributed by atoms with van der Waals surface area (Å²) in [7, 11) is 0. The monoisotopic (exact) mass is 428 g/mol. The molecule has 2 heterocycles. The summed E-state index contributed by atoms with van der Waals surface area (Å²) in [5, 5.41) is 3.48. The molecule has 1 aliphatic heterocycles. The molecule has 2 aromatic carbocycles. The molecule has 156 valence electrons. The number of carbonyl (C=O) groups is 1. The number of amides is 1. The van der Waals surface area contributed by atoms with Crippen LogP contribution < -0.4 is 10.2 Å². The average Bonchev–Trinajstić information content (AvgIpc) is 3.22. The highest BCUT2D eigenvalue weighted by molar-refractivity contribution is 6.33. The lowest BCUT2D eigenvalue weighted by Crippen LogP contribution is -2.46. The minimum Gasteiger partial charge on any atom is -0.447 e. The molecule has 0 atom stereocenters. The molecule has 3 aromatic rings. The van der Waals surface area contributed by atoms with Gasteiger partial charge in [0.25, 0.3) is 5.91 Å². The Hall–Kier alpha value is -2.90. The molecular formula is C22H22ClFN4O2. The minimum absolute atomic E-state index is 0.219. The van der Waals surface area contributed by atoms with Gasteiger partial charge in [-0.3, -0.25) is 9.69 Å². The van der Waals surface area contributed by atoms with Crippen molar-refractivity contribution >= 4 is 23.2 Å². The van der Waals surface area contributed by atoms with E-state index in [2.05, 4.69) is 20.1 Å². The van der Waals surface area contributed by atoms with Crippen molar-refractivity contribution < 1.29 is 13.6 Å². The van der Waals surface area contributed by atoms with Crippen molar-refractivity contribution in [2.75, 3.05) is 31.1 Å². The number of hydrogen-bond acceptors (Lipinski definition) is 5. The van der Waals surface area contributed by atoms with Crippen molar-refractivity contribution in [3.63, 3.8) is 0 Å². The number of hydrogen-bond donors (Lipinski definition) is 1. The van der Waals surface area contributed by atoms with Crippen LogP contribution in [0.25, 0.3) is 0 Å². The first-order valence-electron chi connectivity index (χ1n) is 9.77. The van der Waals surface area contributed by atoms with Gasteiger partial charge in [0.05, 0.1) is 17.3 Å². The highest BCUT2D eigenvalue weighted by Crippen LogP contribution is 2.26. The van der Waals surface area contributed by atoms with Gasteiger partial charge in [0.15, 0.2) is 5.69 Å². The van der Waals surface area contributed by atoms with Crippen LogP contribution in [0.3, 0.4) is 0 Å². The Morgan fingerprint density at radius 3 is 2.70 bits per heavy atom. The van der Waals surface area contributed by atoms with E-state index in [-0.39, 0.29) is 24.0 Å². The van der Waals surface area contributed by atoms with Crippen LogP contribution in [0.15, 0.2) is 59.2 Å². The Balaban J connectivity index is 1.27. The normalized spacial score (nSPS) is 14.7. The molecule has 1 aliphatic rings. The maximum absolute atomic E-state index is 13.2. The maximum Gasteiger partial charge on any atom is 0.273 e. The van der Waals surface area contributed by atoms with Gasteiger partial charge in [-0.2, -0.15) is 0 Å². The predicted molar refractivity (Wildman–Crippen MR) is 113 cm³/mol. The van der Waals surface area contributed by atoms with Crippen LogP contribution in [0.2, 0.25) is 5.02 Å². The van der Waals surface area contributed by atoms with Gasteiger partial charge in [-0.15, -0.1) is 0 Å². The van der Waals surface area contributed by atoms with Crippen molar-refractivity contribution in [1.29, 1.82) is 0 Å². The van der Waals surface area contributed by atoms with Crippen LogP contribution in [0, 0.1) is 5.82 Å². The lowest BCUT2D eigenvalue weighted by atomic mass is 10.2. The van der Waals surface area contributed by atoms with Crippen molar-refractivity contribution in [3.8, 4) is 0 Å². The van der Waals surface area contributed by atoms with Gasteiger partial charge in [-0.05, 0) is 29.8 Å². The van der Waals surface area contributed by atoms with Crippen LogP contribution in [-0.4, -0.2) is 42.0 Å². The number of oxazole rings is 1. The number of piperazine rings is 1. The largest absolute Gasteiger partial charge is 0.447 e. The molecule has 0 bridgehead atoms. The van der Waals surface area contributed by atoms with Crippen molar-refractivity contribution in [1.82, 2.24) is 15.2 Å². The number of anilines is 1. The molecule has 0 aliphatic carbocycles. The van der Waals surface area contributed by atoms with Gasteiger partial charge in [-0.25, -0.2) is 9.37 Å². The molecule has 6 nitrogen and oxygen atoms in total. The smallest absolute Gasteiger partial charge is 0.273 e. The van der Waals surface area contributed by atoms with Gasteiger partial charge in [0, 0.05) is 32.7 Å². The van der Waals surface area contributed by atoms with Gasteiger partial charge >= 0.3 is 0 Å². The molecule has 4 rings (SSSR count). The highest BCUT2D eigenvalue weighted by Gasteiger charge is 2.21. The second-order valence-electron chi connectivity index (χ2n) is 7.15. The summed E-state index contributed by atoms with van der Waals surface area (Å²) >= 11 is 6.29. The number of nitrogens with one attached hydrogen (secondary N) is 1. The molecule has 1 fully saturated rings. The van der Waals surface area contributed by atoms with Crippen LogP contribution >= 0.6 is 11.6 Å². The summed E-state index contributed by atoms with van der Waals surface area (Å²) < 4.78 is 18.7. The minimum atomic E-state index is -0.349. The fourth-order valence-corrected chi connectivity index (χ4v) is 3.71. The van der Waals surface area contributed by atoms with Crippen LogP contribution in [0.4, 0.5) is 10.1 Å². The Labute approximate surface area is 179 Å². The molecule has 8 heteroatoms. The molecule has 0 saturated carbocycles. The zero-order chi connectivity index (χ0) is 20.9. The lowest BCUT2D eigenvalue weighted by Gasteiger charge is -2.35. The Bertz CT molecular complexity index is 1020. The quantitative estimate of drug-likeness (QED) is 0.648. The van der Waals surface area contributed by atoms with Gasteiger partial charge in [-0.1, -0.05) is 35.9 Å². The van der Waals surface area contributed by atoms with Crippen LogP contribution in [0.5, 0.6) is 0 Å². The number of nitrogens with zero attached hydrogens (tertiary/aromatic N) is 3. The lowest BCUT2D eigenvalue weighted by molar-refractivity contribution is 0.0945. The molecule has 1 saturated heterocycles. The van der Waals surface area contributed by atoms with E-state index in [1.54, 1.807) is 12.1 Å². The van der Waals surface area contributed by atoms with E-state index in [0.717, 1.165) is 36.9 Å². The standard InChI is InChI=1S/C22H22ClFN4O2/c23-18-6-1-2-7-20(18)28-10-8-27(9-11-28)14-21-26-19(15-30-21)22(29)25-13-16-4-3-5-17(24)12-16/h1-7,12,15H,8-11,13-14H2,(H,25,29). The van der Waals surface area contributed by atoms with E-state index >= 15 is 0 Å². The van der Waals surface area contributed by atoms with E-state index < -0.39 is 0 Å². The number of carbonyl (C=O) groups excluding carboxylic acids is 1. The first-order valence-corrected chi connectivity index (χ1v) is 10.1. The van der Waals surface area contributed by atoms with E-state index in [9.17, 15) is 9.18 Å². The highest BCUT2D eigenvalue weighted by atomic mass is 35.5. The number of halogens is 2. The average molecular weight is 429 g/mol. The van der Waals surface area contributed by atoms with Crippen LogP contribution in [0.1, 0.15) is 21.9 Å². The molecule has 1 amide bonds. The fraction of sp³-hybridized carbons (Fsp3) is 0.273. The SMILES string of the molecule is O=C(NCc1cccc(F)c1)c1coc(CN2CCN(c3ccccc3Cl)CC2)n1. The topological polar surface area (TPSA) is 61.6 Å². The zero-order valence-corrected chi connectivity index (χ0v) is 17.1. The van der Waals surface area contributed by atoms with Gasteiger partial charge < -0.3 is 14.6 Å². The van der Waals surface area contributed by atoms with E-state index in [1.807, 2.05) is 24.3 Å². The van der Waals surface area contributed by atoms with Gasteiger partial charge in [0.1, 0.15) is 12.1 Å². The van der Waals surface area contributed by atoms with Crippen molar-refractivity contribution in [2.24, 2.45) is 0 Å². The zero-order valence-electron chi connectivity index (χ0n) is 16.4. The number of rotatable bonds is 6. The van der Waals surface area contributed by atoms with Crippen molar-refractivity contribution in [3.05, 3.63) is 82.8 Å². The fourth-order valence-electron chi connectivity index (χ4n) is 3.45. The third-order valence-electron chi connectivity index (χ3n) is 5.05. The molecule has 0 radical (unpaired) electrons. The summed E-state index contributed by atoms with van der Waals surface area (Å²) in [4.78, 5) is 21.1. The molecule has 1 aromatic heterocycles. The molecular weight excluding hydrogens is 407 g/mol. The number of aromatic nitrogens is 1. The maximum atomic E-state index is 13.2.